The van der Waals surface area contributed by atoms with E-state index in [0.717, 1.165) is 40.4 Å². The zero-order chi connectivity index (χ0) is 22.0. The van der Waals surface area contributed by atoms with Gasteiger partial charge in [-0.3, -0.25) is 9.69 Å². The molecular formula is C24H26FN3O3. The van der Waals surface area contributed by atoms with E-state index >= 15 is 0 Å². The summed E-state index contributed by atoms with van der Waals surface area (Å²) in [7, 11) is 1.65. The van der Waals surface area contributed by atoms with Gasteiger partial charge in [0.1, 0.15) is 17.3 Å². The van der Waals surface area contributed by atoms with E-state index in [2.05, 4.69) is 9.88 Å². The minimum Gasteiger partial charge on any atom is -0.496 e. The third-order valence-corrected chi connectivity index (χ3v) is 5.59. The predicted octanol–water partition coefficient (Wildman–Crippen LogP) is 3.95. The minimum atomic E-state index is -0.271. The SMILES string of the molecule is COc1ccc(-c2nc(CN3CCN(Cc4ccc(F)cc4)C(=O)C3)c(C)o2)cc1C. The minimum absolute atomic E-state index is 0.0581. The van der Waals surface area contributed by atoms with E-state index in [4.69, 9.17) is 9.15 Å². The number of rotatable bonds is 6. The van der Waals surface area contributed by atoms with E-state index in [0.29, 0.717) is 32.1 Å². The van der Waals surface area contributed by atoms with Crippen molar-refractivity contribution in [1.29, 1.82) is 0 Å². The zero-order valence-corrected chi connectivity index (χ0v) is 18.0. The number of aromatic nitrogens is 1. The fourth-order valence-corrected chi connectivity index (χ4v) is 3.79. The second-order valence-corrected chi connectivity index (χ2v) is 7.86. The maximum absolute atomic E-state index is 13.1. The average molecular weight is 423 g/mol. The maximum Gasteiger partial charge on any atom is 0.237 e. The monoisotopic (exact) mass is 423 g/mol. The molecule has 2 heterocycles. The Morgan fingerprint density at radius 2 is 1.87 bits per heavy atom. The average Bonchev–Trinajstić information content (AvgIpc) is 3.12. The highest BCUT2D eigenvalue weighted by atomic mass is 19.1. The van der Waals surface area contributed by atoms with Crippen LogP contribution in [-0.2, 0) is 17.9 Å². The molecule has 2 aromatic carbocycles. The van der Waals surface area contributed by atoms with Gasteiger partial charge in [-0.05, 0) is 55.3 Å². The number of oxazole rings is 1. The summed E-state index contributed by atoms with van der Waals surface area (Å²) >= 11 is 0. The number of nitrogens with zero attached hydrogens (tertiary/aromatic N) is 3. The molecule has 0 saturated carbocycles. The molecule has 3 aromatic rings. The largest absolute Gasteiger partial charge is 0.496 e. The third kappa shape index (κ3) is 4.77. The number of hydrogen-bond acceptors (Lipinski definition) is 5. The molecule has 1 aliphatic heterocycles. The van der Waals surface area contributed by atoms with Crippen molar-refractivity contribution in [2.45, 2.75) is 26.9 Å². The molecule has 0 N–H and O–H groups in total. The zero-order valence-electron chi connectivity index (χ0n) is 18.0. The van der Waals surface area contributed by atoms with Crippen molar-refractivity contribution in [3.8, 4) is 17.2 Å². The van der Waals surface area contributed by atoms with Gasteiger partial charge in [0.25, 0.3) is 0 Å². The fourth-order valence-electron chi connectivity index (χ4n) is 3.79. The van der Waals surface area contributed by atoms with Gasteiger partial charge in [0.2, 0.25) is 11.8 Å². The lowest BCUT2D eigenvalue weighted by Gasteiger charge is -2.34. The van der Waals surface area contributed by atoms with E-state index in [9.17, 15) is 9.18 Å². The van der Waals surface area contributed by atoms with Crippen LogP contribution in [0.2, 0.25) is 0 Å². The highest BCUT2D eigenvalue weighted by molar-refractivity contribution is 5.79. The lowest BCUT2D eigenvalue weighted by Crippen LogP contribution is -2.49. The van der Waals surface area contributed by atoms with Crippen molar-refractivity contribution in [3.05, 3.63) is 70.9 Å². The van der Waals surface area contributed by atoms with Crippen molar-refractivity contribution in [1.82, 2.24) is 14.8 Å². The second kappa shape index (κ2) is 8.89. The summed E-state index contributed by atoms with van der Waals surface area (Å²) in [6.07, 6.45) is 0. The molecule has 4 rings (SSSR count). The first-order valence-corrected chi connectivity index (χ1v) is 10.3. The van der Waals surface area contributed by atoms with Gasteiger partial charge in [0.15, 0.2) is 0 Å². The van der Waals surface area contributed by atoms with E-state index in [-0.39, 0.29) is 11.7 Å². The molecule has 0 spiro atoms. The van der Waals surface area contributed by atoms with Gasteiger partial charge in [-0.1, -0.05) is 12.1 Å². The number of carbonyl (C=O) groups is 1. The number of aryl methyl sites for hydroxylation is 2. The Balaban J connectivity index is 1.39. The highest BCUT2D eigenvalue weighted by Crippen LogP contribution is 2.27. The van der Waals surface area contributed by atoms with E-state index in [1.807, 2.05) is 36.9 Å². The first-order valence-electron chi connectivity index (χ1n) is 10.3. The van der Waals surface area contributed by atoms with Crippen LogP contribution in [-0.4, -0.2) is 47.4 Å². The summed E-state index contributed by atoms with van der Waals surface area (Å²) in [6.45, 7) is 6.63. The lowest BCUT2D eigenvalue weighted by molar-refractivity contribution is -0.136. The number of piperazine rings is 1. The smallest absolute Gasteiger partial charge is 0.237 e. The third-order valence-electron chi connectivity index (χ3n) is 5.59. The molecule has 1 fully saturated rings. The number of methoxy groups -OCH3 is 1. The Kier molecular flexibility index (Phi) is 6.04. The number of halogens is 1. The molecule has 1 aliphatic rings. The molecule has 1 aromatic heterocycles. The number of hydrogen-bond donors (Lipinski definition) is 0. The Morgan fingerprint density at radius 1 is 1.10 bits per heavy atom. The number of ether oxygens (including phenoxy) is 1. The standard InChI is InChI=1S/C24H26FN3O3/c1-16-12-19(6-9-22(16)30-3)24-26-21(17(2)31-24)14-27-10-11-28(23(29)15-27)13-18-4-7-20(25)8-5-18/h4-9,12H,10-11,13-15H2,1-3H3. The first-order chi connectivity index (χ1) is 14.9. The Labute approximate surface area is 181 Å². The van der Waals surface area contributed by atoms with Crippen LogP contribution in [0.25, 0.3) is 11.5 Å². The van der Waals surface area contributed by atoms with Crippen LogP contribution in [0.5, 0.6) is 5.75 Å². The van der Waals surface area contributed by atoms with Crippen LogP contribution in [0, 0.1) is 19.7 Å². The van der Waals surface area contributed by atoms with Crippen molar-refractivity contribution in [3.63, 3.8) is 0 Å². The van der Waals surface area contributed by atoms with Crippen LogP contribution < -0.4 is 4.74 Å². The van der Waals surface area contributed by atoms with Crippen LogP contribution in [0.15, 0.2) is 46.9 Å². The number of carbonyl (C=O) groups excluding carboxylic acids is 1. The number of benzene rings is 2. The molecule has 31 heavy (non-hydrogen) atoms. The van der Waals surface area contributed by atoms with Crippen LogP contribution >= 0.6 is 0 Å². The summed E-state index contributed by atoms with van der Waals surface area (Å²) in [6, 6.07) is 12.1. The van der Waals surface area contributed by atoms with E-state index < -0.39 is 0 Å². The van der Waals surface area contributed by atoms with Crippen molar-refractivity contribution in [2.75, 3.05) is 26.7 Å². The molecule has 1 amide bonds. The van der Waals surface area contributed by atoms with Crippen LogP contribution in [0.3, 0.4) is 0 Å². The first kappa shape index (κ1) is 21.1. The summed E-state index contributed by atoms with van der Waals surface area (Å²) in [5.41, 5.74) is 3.67. The van der Waals surface area contributed by atoms with Gasteiger partial charge < -0.3 is 14.1 Å². The molecule has 6 nitrogen and oxygen atoms in total. The molecule has 162 valence electrons. The van der Waals surface area contributed by atoms with Crippen molar-refractivity contribution in [2.24, 2.45) is 0 Å². The number of amides is 1. The van der Waals surface area contributed by atoms with Gasteiger partial charge >= 0.3 is 0 Å². The summed E-state index contributed by atoms with van der Waals surface area (Å²) < 4.78 is 24.3. The summed E-state index contributed by atoms with van der Waals surface area (Å²) in [4.78, 5) is 21.2. The Bertz CT molecular complexity index is 1080. The second-order valence-electron chi connectivity index (χ2n) is 7.86. The molecule has 0 atom stereocenters. The maximum atomic E-state index is 13.1. The molecule has 7 heteroatoms. The quantitative estimate of drug-likeness (QED) is 0.601. The fraction of sp³-hybridized carbons (Fsp3) is 0.333. The van der Waals surface area contributed by atoms with Gasteiger partial charge in [-0.15, -0.1) is 0 Å². The molecule has 0 bridgehead atoms. The van der Waals surface area contributed by atoms with E-state index in [1.54, 1.807) is 19.2 Å². The molecule has 0 unspecified atom stereocenters. The van der Waals surface area contributed by atoms with Gasteiger partial charge in [-0.25, -0.2) is 9.37 Å². The van der Waals surface area contributed by atoms with Crippen molar-refractivity contribution < 1.29 is 18.3 Å². The summed E-state index contributed by atoms with van der Waals surface area (Å²) in [5.74, 6) is 1.93. The van der Waals surface area contributed by atoms with Crippen LogP contribution in [0.4, 0.5) is 4.39 Å². The molecule has 0 aliphatic carbocycles. The van der Waals surface area contributed by atoms with Crippen LogP contribution in [0.1, 0.15) is 22.6 Å². The Hall–Kier alpha value is -3.19. The van der Waals surface area contributed by atoms with Gasteiger partial charge in [0.05, 0.1) is 19.3 Å². The normalized spacial score (nSPS) is 14.8. The molecule has 0 radical (unpaired) electrons. The Morgan fingerprint density at radius 3 is 2.55 bits per heavy atom. The lowest BCUT2D eigenvalue weighted by atomic mass is 10.1. The molecular weight excluding hydrogens is 397 g/mol. The van der Waals surface area contributed by atoms with E-state index in [1.165, 1.54) is 12.1 Å². The summed E-state index contributed by atoms with van der Waals surface area (Å²) in [5, 5.41) is 0. The van der Waals surface area contributed by atoms with Crippen molar-refractivity contribution >= 4 is 5.91 Å². The topological polar surface area (TPSA) is 58.8 Å². The molecule has 1 saturated heterocycles. The van der Waals surface area contributed by atoms with Gasteiger partial charge in [-0.2, -0.15) is 0 Å². The van der Waals surface area contributed by atoms with Gasteiger partial charge in [0, 0.05) is 31.7 Å². The highest BCUT2D eigenvalue weighted by Gasteiger charge is 2.25. The predicted molar refractivity (Wildman–Crippen MR) is 115 cm³/mol.